The molecule has 3 saturated heterocycles. The number of ether oxygens (including phenoxy) is 6. The van der Waals surface area contributed by atoms with Crippen LogP contribution in [0, 0.1) is 0 Å². The molecule has 3 heterocycles. The Morgan fingerprint density at radius 3 is 1.22 bits per heavy atom. The smallest absolute Gasteiger partial charge is 0.220 e. The average Bonchev–Trinajstić information content (AvgIpc) is 0.830. The quantitative estimate of drug-likeness (QED) is 0.0199. The van der Waals surface area contributed by atoms with Gasteiger partial charge < -0.3 is 89.9 Å². The predicted molar refractivity (Wildman–Crippen MR) is 360 cm³/mol. The molecular weight excluding hydrogens is 1180 g/mol. The number of aliphatic hydroxyl groups excluding tert-OH is 11. The number of allylic oxidation sites excluding steroid dienone is 17. The third kappa shape index (κ3) is 34.9. The van der Waals surface area contributed by atoms with E-state index in [1.807, 2.05) is 6.08 Å². The first-order chi connectivity index (χ1) is 44.8. The molecule has 3 aliphatic rings. The first-order valence-corrected chi connectivity index (χ1v) is 35.1. The van der Waals surface area contributed by atoms with Crippen LogP contribution in [0.1, 0.15) is 213 Å². The Labute approximate surface area is 551 Å². The Morgan fingerprint density at radius 2 is 0.761 bits per heavy atom. The zero-order chi connectivity index (χ0) is 66.8. The van der Waals surface area contributed by atoms with Crippen molar-refractivity contribution in [3.8, 4) is 0 Å². The second-order valence-electron chi connectivity index (χ2n) is 24.6. The topological polar surface area (TPSA) is 307 Å². The lowest BCUT2D eigenvalue weighted by atomic mass is 9.96. The van der Waals surface area contributed by atoms with Crippen LogP contribution in [0.25, 0.3) is 0 Å². The van der Waals surface area contributed by atoms with Crippen LogP contribution >= 0.6 is 0 Å². The summed E-state index contributed by atoms with van der Waals surface area (Å²) in [7, 11) is 0. The van der Waals surface area contributed by atoms with Crippen LogP contribution in [0.4, 0.5) is 0 Å². The molecule has 12 N–H and O–H groups in total. The summed E-state index contributed by atoms with van der Waals surface area (Å²) in [5.41, 5.74) is 0. The van der Waals surface area contributed by atoms with Crippen molar-refractivity contribution in [2.75, 3.05) is 26.4 Å². The lowest BCUT2D eigenvalue weighted by Gasteiger charge is -2.48. The van der Waals surface area contributed by atoms with Crippen LogP contribution in [0.15, 0.2) is 109 Å². The van der Waals surface area contributed by atoms with Crippen LogP contribution in [0.5, 0.6) is 0 Å². The van der Waals surface area contributed by atoms with Crippen LogP contribution < -0.4 is 5.32 Å². The molecule has 3 fully saturated rings. The molecule has 17 atom stereocenters. The molecule has 92 heavy (non-hydrogen) atoms. The van der Waals surface area contributed by atoms with Crippen molar-refractivity contribution in [3.63, 3.8) is 0 Å². The van der Waals surface area contributed by atoms with E-state index < -0.39 is 124 Å². The van der Waals surface area contributed by atoms with Crippen molar-refractivity contribution in [1.82, 2.24) is 5.32 Å². The van der Waals surface area contributed by atoms with E-state index in [-0.39, 0.29) is 18.9 Å². The molecule has 3 rings (SSSR count). The largest absolute Gasteiger partial charge is 0.394 e. The van der Waals surface area contributed by atoms with Gasteiger partial charge in [0.15, 0.2) is 18.9 Å². The molecular formula is C73H123NO18. The van der Waals surface area contributed by atoms with Crippen molar-refractivity contribution in [1.29, 1.82) is 0 Å². The van der Waals surface area contributed by atoms with Crippen LogP contribution in [0.3, 0.4) is 0 Å². The summed E-state index contributed by atoms with van der Waals surface area (Å²) in [5.74, 6) is -0.295. The number of hydrogen-bond donors (Lipinski definition) is 12. The molecule has 1 amide bonds. The van der Waals surface area contributed by atoms with Crippen molar-refractivity contribution in [3.05, 3.63) is 109 Å². The first-order valence-electron chi connectivity index (χ1n) is 35.1. The van der Waals surface area contributed by atoms with Crippen molar-refractivity contribution in [2.24, 2.45) is 0 Å². The Hall–Kier alpha value is -3.55. The number of unbranched alkanes of at least 4 members (excludes halogenated alkanes) is 20. The molecule has 0 aromatic carbocycles. The summed E-state index contributed by atoms with van der Waals surface area (Å²) < 4.78 is 34.3. The van der Waals surface area contributed by atoms with E-state index in [9.17, 15) is 61.0 Å². The van der Waals surface area contributed by atoms with E-state index >= 15 is 0 Å². The second-order valence-corrected chi connectivity index (χ2v) is 24.6. The molecule has 0 aliphatic carbocycles. The van der Waals surface area contributed by atoms with Crippen LogP contribution in [0.2, 0.25) is 0 Å². The zero-order valence-electron chi connectivity index (χ0n) is 55.7. The summed E-state index contributed by atoms with van der Waals surface area (Å²) in [6, 6.07) is -1.00. The van der Waals surface area contributed by atoms with E-state index in [4.69, 9.17) is 28.4 Å². The minimum absolute atomic E-state index is 0.226. The second kappa shape index (κ2) is 53.6. The number of aliphatic hydroxyl groups is 11. The van der Waals surface area contributed by atoms with Gasteiger partial charge in [0.25, 0.3) is 0 Å². The molecule has 0 aromatic heterocycles. The van der Waals surface area contributed by atoms with Gasteiger partial charge in [-0.15, -0.1) is 0 Å². The van der Waals surface area contributed by atoms with E-state index in [1.165, 1.54) is 96.3 Å². The van der Waals surface area contributed by atoms with Gasteiger partial charge >= 0.3 is 0 Å². The predicted octanol–water partition coefficient (Wildman–Crippen LogP) is 9.44. The van der Waals surface area contributed by atoms with Crippen LogP contribution in [-0.4, -0.2) is 193 Å². The first kappa shape index (κ1) is 82.7. The van der Waals surface area contributed by atoms with Gasteiger partial charge in [-0.1, -0.05) is 226 Å². The fourth-order valence-corrected chi connectivity index (χ4v) is 11.1. The fourth-order valence-electron chi connectivity index (χ4n) is 11.1. The third-order valence-corrected chi connectivity index (χ3v) is 16.8. The standard InChI is InChI=1S/C73H123NO18/c1-3-5-7-9-11-13-15-17-18-19-20-21-22-23-24-25-26-27-28-29-30-31-32-33-34-35-36-37-38-39-41-43-45-47-49-51-61(79)74-56(57(78)50-48-46-44-42-40-16-14-12-10-8-6-4-2)55-87-71-67(85)64(82)69(59(53-76)89-71)92-73-68(86)65(83)70(60(54-77)90-73)91-72-66(84)63(81)62(80)58(52-75)88-72/h5,7,10-13,17-18,20-21,23-24,26-27,40,42,48,50,56-60,62-73,75-78,80-86H,3-4,6,8-9,14-16,19,22,25,28-39,41,43-47,49,51-55H2,1-2H3,(H,74,79)/b7-5-,12-10+,13-11-,18-17-,21-20-,24-23-,27-26-,42-40+,50-48+. The maximum Gasteiger partial charge on any atom is 0.220 e. The number of amides is 1. The Balaban J connectivity index is 1.34. The maximum absolute atomic E-state index is 13.4. The van der Waals surface area contributed by atoms with Crippen molar-refractivity contribution < 1.29 is 89.4 Å². The third-order valence-electron chi connectivity index (χ3n) is 16.8. The Kier molecular flexibility index (Phi) is 48.1. The Bertz CT molecular complexity index is 2090. The van der Waals surface area contributed by atoms with Crippen LogP contribution in [-0.2, 0) is 33.2 Å². The highest BCUT2D eigenvalue weighted by Gasteiger charge is 2.53. The molecule has 3 aliphatic heterocycles. The summed E-state index contributed by atoms with van der Waals surface area (Å²) >= 11 is 0. The molecule has 0 radical (unpaired) electrons. The Morgan fingerprint density at radius 1 is 0.402 bits per heavy atom. The maximum atomic E-state index is 13.4. The number of hydrogen-bond acceptors (Lipinski definition) is 18. The summed E-state index contributed by atoms with van der Waals surface area (Å²) in [5, 5.41) is 120. The minimum atomic E-state index is -1.99. The fraction of sp³-hybridized carbons (Fsp3) is 0.740. The van der Waals surface area contributed by atoms with Gasteiger partial charge in [0.05, 0.1) is 38.6 Å². The monoisotopic (exact) mass is 1300 g/mol. The molecule has 528 valence electrons. The summed E-state index contributed by atoms with van der Waals surface area (Å²) in [6.07, 6.45) is 45.2. The number of nitrogens with one attached hydrogen (secondary N) is 1. The molecule has 0 spiro atoms. The highest BCUT2D eigenvalue weighted by Crippen LogP contribution is 2.33. The van der Waals surface area contributed by atoms with E-state index in [0.717, 1.165) is 83.5 Å². The lowest BCUT2D eigenvalue weighted by molar-refractivity contribution is -0.379. The number of rotatable bonds is 52. The molecule has 0 saturated carbocycles. The SMILES string of the molecule is CC/C=C\C/C=C\C/C=C\C/C=C\C/C=C\C/C=C\CCCCCCCCCCCCCCCCCCC(=O)NC(COC1OC(CO)C(OC2OC(CO)C(OC3OC(CO)C(O)C(O)C3O)C(O)C2O)C(O)C1O)C(O)/C=C/CC/C=C/CC/C=C/CCCC. The molecule has 0 bridgehead atoms. The lowest BCUT2D eigenvalue weighted by Crippen LogP contribution is -2.66. The van der Waals surface area contributed by atoms with E-state index in [2.05, 4.69) is 116 Å². The van der Waals surface area contributed by atoms with Crippen molar-refractivity contribution >= 4 is 5.91 Å². The number of carbonyl (C=O) groups is 1. The zero-order valence-corrected chi connectivity index (χ0v) is 55.7. The van der Waals surface area contributed by atoms with Gasteiger partial charge in [-0.3, -0.25) is 4.79 Å². The molecule has 19 heteroatoms. The molecule has 0 aromatic rings. The molecule has 17 unspecified atom stereocenters. The van der Waals surface area contributed by atoms with Gasteiger partial charge in [-0.05, 0) is 89.9 Å². The minimum Gasteiger partial charge on any atom is -0.394 e. The summed E-state index contributed by atoms with van der Waals surface area (Å²) in [6.45, 7) is 1.52. The van der Waals surface area contributed by atoms with Gasteiger partial charge in [0, 0.05) is 6.42 Å². The number of carbonyl (C=O) groups excluding carboxylic acids is 1. The van der Waals surface area contributed by atoms with Gasteiger partial charge in [-0.25, -0.2) is 0 Å². The van der Waals surface area contributed by atoms with Gasteiger partial charge in [-0.2, -0.15) is 0 Å². The van der Waals surface area contributed by atoms with Gasteiger partial charge in [0.1, 0.15) is 73.2 Å². The summed E-state index contributed by atoms with van der Waals surface area (Å²) in [4.78, 5) is 13.4. The van der Waals surface area contributed by atoms with Crippen molar-refractivity contribution in [2.45, 2.75) is 317 Å². The normalized spacial score (nSPS) is 28.4. The van der Waals surface area contributed by atoms with Gasteiger partial charge in [0.2, 0.25) is 5.91 Å². The van der Waals surface area contributed by atoms with E-state index in [0.29, 0.717) is 12.8 Å². The highest BCUT2D eigenvalue weighted by molar-refractivity contribution is 5.76. The average molecular weight is 1300 g/mol. The van der Waals surface area contributed by atoms with E-state index in [1.54, 1.807) is 6.08 Å². The molecule has 19 nitrogen and oxygen atoms in total. The highest BCUT2D eigenvalue weighted by atomic mass is 16.8.